The van der Waals surface area contributed by atoms with Crippen LogP contribution in [-0.4, -0.2) is 29.6 Å². The molecule has 0 bridgehead atoms. The van der Waals surface area contributed by atoms with Crippen LogP contribution in [0.5, 0.6) is 0 Å². The number of amides is 1. The highest BCUT2D eigenvalue weighted by molar-refractivity contribution is 6.36. The summed E-state index contributed by atoms with van der Waals surface area (Å²) in [5.41, 5.74) is 0.890. The molecule has 0 saturated carbocycles. The Morgan fingerprint density at radius 3 is 2.48 bits per heavy atom. The number of rotatable bonds is 9. The van der Waals surface area contributed by atoms with Crippen LogP contribution in [0.15, 0.2) is 34.5 Å². The van der Waals surface area contributed by atoms with Crippen LogP contribution >= 0.6 is 11.6 Å². The predicted octanol–water partition coefficient (Wildman–Crippen LogP) is 4.77. The van der Waals surface area contributed by atoms with Gasteiger partial charge in [-0.3, -0.25) is 14.6 Å². The Bertz CT molecular complexity index is 681. The van der Waals surface area contributed by atoms with Crippen molar-refractivity contribution in [2.24, 2.45) is 4.99 Å². The summed E-state index contributed by atoms with van der Waals surface area (Å²) in [7, 11) is 0. The molecule has 0 aliphatic carbocycles. The molecule has 0 fully saturated rings. The molecule has 0 aliphatic rings. The molecule has 5 nitrogen and oxygen atoms in total. The van der Waals surface area contributed by atoms with Crippen LogP contribution in [0, 0.1) is 0 Å². The SMILES string of the molecule is CCCC(=O)C(C=Nc1cccc(C(=O)NCC)c1Cl)=C(O)CCC. The number of halogens is 1. The molecule has 0 aliphatic heterocycles. The number of aliphatic hydroxyl groups excluding tert-OH is 1. The van der Waals surface area contributed by atoms with Gasteiger partial charge < -0.3 is 10.4 Å². The number of carbonyl (C=O) groups excluding carboxylic acids is 2. The average Bonchev–Trinajstić information content (AvgIpc) is 2.57. The van der Waals surface area contributed by atoms with Crippen molar-refractivity contribution in [3.8, 4) is 0 Å². The highest BCUT2D eigenvalue weighted by atomic mass is 35.5. The Morgan fingerprint density at radius 1 is 1.20 bits per heavy atom. The van der Waals surface area contributed by atoms with E-state index in [2.05, 4.69) is 10.3 Å². The van der Waals surface area contributed by atoms with E-state index in [0.29, 0.717) is 37.1 Å². The summed E-state index contributed by atoms with van der Waals surface area (Å²) in [5, 5.41) is 13.0. The standard InChI is InChI=1S/C19H25ClN2O3/c1-4-8-16(23)14(17(24)9-5-2)12-22-15-11-7-10-13(18(15)20)19(25)21-6-3/h7,10-12,23H,4-6,8-9H2,1-3H3,(H,21,25). The minimum absolute atomic E-state index is 0.0284. The first kappa shape index (κ1) is 20.9. The summed E-state index contributed by atoms with van der Waals surface area (Å²) in [4.78, 5) is 28.5. The van der Waals surface area contributed by atoms with Crippen molar-refractivity contribution in [3.05, 3.63) is 40.1 Å². The largest absolute Gasteiger partial charge is 0.512 e. The predicted molar refractivity (Wildman–Crippen MR) is 102 cm³/mol. The van der Waals surface area contributed by atoms with Gasteiger partial charge in [-0.2, -0.15) is 0 Å². The molecule has 0 spiro atoms. The molecular formula is C19H25ClN2O3. The van der Waals surface area contributed by atoms with Gasteiger partial charge in [-0.05, 0) is 31.9 Å². The number of benzene rings is 1. The number of nitrogens with zero attached hydrogens (tertiary/aromatic N) is 1. The quantitative estimate of drug-likeness (QED) is 0.376. The van der Waals surface area contributed by atoms with Gasteiger partial charge in [0.25, 0.3) is 5.91 Å². The molecule has 6 heteroatoms. The van der Waals surface area contributed by atoms with E-state index in [4.69, 9.17) is 11.6 Å². The van der Waals surface area contributed by atoms with E-state index in [1.54, 1.807) is 18.2 Å². The molecule has 0 heterocycles. The molecule has 0 unspecified atom stereocenters. The molecule has 0 saturated heterocycles. The highest BCUT2D eigenvalue weighted by Crippen LogP contribution is 2.28. The van der Waals surface area contributed by atoms with E-state index in [-0.39, 0.29) is 28.0 Å². The van der Waals surface area contributed by atoms with Crippen molar-refractivity contribution < 1.29 is 14.7 Å². The van der Waals surface area contributed by atoms with E-state index in [9.17, 15) is 14.7 Å². The minimum Gasteiger partial charge on any atom is -0.512 e. The van der Waals surface area contributed by atoms with Crippen LogP contribution in [0.2, 0.25) is 5.02 Å². The molecular weight excluding hydrogens is 340 g/mol. The monoisotopic (exact) mass is 364 g/mol. The summed E-state index contributed by atoms with van der Waals surface area (Å²) in [6.07, 6.45) is 3.48. The zero-order chi connectivity index (χ0) is 18.8. The molecule has 0 aromatic heterocycles. The topological polar surface area (TPSA) is 78.8 Å². The number of carbonyl (C=O) groups is 2. The number of hydrogen-bond acceptors (Lipinski definition) is 4. The lowest BCUT2D eigenvalue weighted by Gasteiger charge is -2.07. The van der Waals surface area contributed by atoms with Crippen LogP contribution in [-0.2, 0) is 4.79 Å². The second-order valence-electron chi connectivity index (χ2n) is 5.54. The molecule has 0 radical (unpaired) electrons. The summed E-state index contributed by atoms with van der Waals surface area (Å²) < 4.78 is 0. The van der Waals surface area contributed by atoms with E-state index < -0.39 is 0 Å². The van der Waals surface area contributed by atoms with E-state index in [0.717, 1.165) is 6.42 Å². The third-order valence-corrected chi connectivity index (χ3v) is 3.87. The van der Waals surface area contributed by atoms with Gasteiger partial charge in [0.05, 0.1) is 21.8 Å². The molecule has 25 heavy (non-hydrogen) atoms. The second-order valence-corrected chi connectivity index (χ2v) is 5.92. The summed E-state index contributed by atoms with van der Waals surface area (Å²) in [5.74, 6) is -0.412. The van der Waals surface area contributed by atoms with Gasteiger partial charge in [0.2, 0.25) is 0 Å². The summed E-state index contributed by atoms with van der Waals surface area (Å²) in [6, 6.07) is 4.94. The van der Waals surface area contributed by atoms with Gasteiger partial charge in [-0.25, -0.2) is 0 Å². The van der Waals surface area contributed by atoms with Crippen LogP contribution in [0.1, 0.15) is 56.8 Å². The molecule has 1 aromatic rings. The van der Waals surface area contributed by atoms with Crippen LogP contribution in [0.4, 0.5) is 5.69 Å². The molecule has 2 N–H and O–H groups in total. The number of Topliss-reactive ketones (excluding diaryl/α,β-unsaturated/α-hetero) is 1. The van der Waals surface area contributed by atoms with Crippen molar-refractivity contribution in [2.45, 2.75) is 46.5 Å². The Hall–Kier alpha value is -2.14. The maximum absolute atomic E-state index is 12.2. The first-order chi connectivity index (χ1) is 12.0. The number of hydrogen-bond donors (Lipinski definition) is 2. The molecule has 0 atom stereocenters. The second kappa shape index (κ2) is 10.7. The van der Waals surface area contributed by atoms with Crippen molar-refractivity contribution in [1.82, 2.24) is 5.32 Å². The lowest BCUT2D eigenvalue weighted by atomic mass is 10.0. The first-order valence-corrected chi connectivity index (χ1v) is 8.90. The molecule has 1 aromatic carbocycles. The molecule has 136 valence electrons. The van der Waals surface area contributed by atoms with Crippen LogP contribution in [0.3, 0.4) is 0 Å². The highest BCUT2D eigenvalue weighted by Gasteiger charge is 2.14. The Balaban J connectivity index is 3.20. The van der Waals surface area contributed by atoms with Gasteiger partial charge >= 0.3 is 0 Å². The normalized spacial score (nSPS) is 12.2. The fourth-order valence-electron chi connectivity index (χ4n) is 2.23. The number of aliphatic hydroxyl groups is 1. The van der Waals surface area contributed by atoms with Crippen LogP contribution in [0.25, 0.3) is 0 Å². The van der Waals surface area contributed by atoms with E-state index in [1.807, 2.05) is 20.8 Å². The van der Waals surface area contributed by atoms with Gasteiger partial charge in [-0.1, -0.05) is 31.5 Å². The average molecular weight is 365 g/mol. The van der Waals surface area contributed by atoms with E-state index in [1.165, 1.54) is 6.21 Å². The summed E-state index contributed by atoms with van der Waals surface area (Å²) >= 11 is 6.27. The number of allylic oxidation sites excluding steroid dienone is 2. The Labute approximate surface area is 153 Å². The number of ketones is 1. The smallest absolute Gasteiger partial charge is 0.252 e. The fraction of sp³-hybridized carbons (Fsp3) is 0.421. The Morgan fingerprint density at radius 2 is 1.88 bits per heavy atom. The van der Waals surface area contributed by atoms with Crippen molar-refractivity contribution in [3.63, 3.8) is 0 Å². The maximum atomic E-state index is 12.2. The van der Waals surface area contributed by atoms with Gasteiger partial charge in [0.15, 0.2) is 5.78 Å². The maximum Gasteiger partial charge on any atom is 0.252 e. The van der Waals surface area contributed by atoms with Crippen molar-refractivity contribution >= 4 is 35.2 Å². The Kier molecular flexibility index (Phi) is 8.92. The molecule has 1 rings (SSSR count). The van der Waals surface area contributed by atoms with E-state index >= 15 is 0 Å². The van der Waals surface area contributed by atoms with Gasteiger partial charge in [-0.15, -0.1) is 0 Å². The van der Waals surface area contributed by atoms with Gasteiger partial charge in [0, 0.05) is 25.6 Å². The third-order valence-electron chi connectivity index (χ3n) is 3.47. The van der Waals surface area contributed by atoms with Crippen molar-refractivity contribution in [1.29, 1.82) is 0 Å². The number of aliphatic imine (C=N–C) groups is 1. The first-order valence-electron chi connectivity index (χ1n) is 8.52. The molecule has 1 amide bonds. The summed E-state index contributed by atoms with van der Waals surface area (Å²) in [6.45, 7) is 6.13. The van der Waals surface area contributed by atoms with Gasteiger partial charge in [0.1, 0.15) is 5.76 Å². The van der Waals surface area contributed by atoms with Crippen molar-refractivity contribution in [2.75, 3.05) is 6.54 Å². The zero-order valence-electron chi connectivity index (χ0n) is 14.9. The fourth-order valence-corrected chi connectivity index (χ4v) is 2.49. The lowest BCUT2D eigenvalue weighted by Crippen LogP contribution is -2.22. The third kappa shape index (κ3) is 6.02. The lowest BCUT2D eigenvalue weighted by molar-refractivity contribution is -0.115. The van der Waals surface area contributed by atoms with Crippen LogP contribution < -0.4 is 5.32 Å². The number of nitrogens with one attached hydrogen (secondary N) is 1. The minimum atomic E-state index is -0.281. The zero-order valence-corrected chi connectivity index (χ0v) is 15.7.